The SMILES string of the molecule is C=CCNc1ccc(NS(=O)(=O)c2cc(Cl)ccc2OC)nn1. The summed E-state index contributed by atoms with van der Waals surface area (Å²) in [5, 5.41) is 10.9. The third kappa shape index (κ3) is 4.33. The number of rotatable bonds is 7. The lowest BCUT2D eigenvalue weighted by atomic mass is 10.3. The van der Waals surface area contributed by atoms with Crippen LogP contribution < -0.4 is 14.8 Å². The van der Waals surface area contributed by atoms with E-state index in [-0.39, 0.29) is 21.5 Å². The molecule has 9 heteroatoms. The van der Waals surface area contributed by atoms with Gasteiger partial charge in [0.2, 0.25) is 0 Å². The minimum Gasteiger partial charge on any atom is -0.495 e. The quantitative estimate of drug-likeness (QED) is 0.742. The Morgan fingerprint density at radius 1 is 1.26 bits per heavy atom. The van der Waals surface area contributed by atoms with Crippen molar-refractivity contribution in [3.05, 3.63) is 48.0 Å². The average Bonchev–Trinajstić information content (AvgIpc) is 2.54. The maximum Gasteiger partial charge on any atom is 0.266 e. The fraction of sp³-hybridized carbons (Fsp3) is 0.143. The maximum atomic E-state index is 12.4. The van der Waals surface area contributed by atoms with Crippen LogP contribution in [0.4, 0.5) is 11.6 Å². The van der Waals surface area contributed by atoms with E-state index in [4.69, 9.17) is 16.3 Å². The maximum absolute atomic E-state index is 12.4. The Morgan fingerprint density at radius 2 is 1.96 bits per heavy atom. The Morgan fingerprint density at radius 3 is 2.57 bits per heavy atom. The number of nitrogens with zero attached hydrogens (tertiary/aromatic N) is 2. The highest BCUT2D eigenvalue weighted by Gasteiger charge is 2.20. The van der Waals surface area contributed by atoms with E-state index in [1.165, 1.54) is 25.3 Å². The number of methoxy groups -OCH3 is 1. The van der Waals surface area contributed by atoms with Crippen LogP contribution in [-0.2, 0) is 10.0 Å². The fourth-order valence-corrected chi connectivity index (χ4v) is 3.14. The van der Waals surface area contributed by atoms with Crippen molar-refractivity contribution in [3.63, 3.8) is 0 Å². The van der Waals surface area contributed by atoms with E-state index in [9.17, 15) is 8.42 Å². The summed E-state index contributed by atoms with van der Waals surface area (Å²) in [4.78, 5) is -0.0804. The Hall–Kier alpha value is -2.32. The van der Waals surface area contributed by atoms with Gasteiger partial charge in [0.05, 0.1) is 7.11 Å². The van der Waals surface area contributed by atoms with Gasteiger partial charge in [0.25, 0.3) is 10.0 Å². The zero-order valence-electron chi connectivity index (χ0n) is 12.3. The number of hydrogen-bond donors (Lipinski definition) is 2. The minimum absolute atomic E-state index is 0.0798. The van der Waals surface area contributed by atoms with Crippen LogP contribution in [0.3, 0.4) is 0 Å². The van der Waals surface area contributed by atoms with Crippen LogP contribution in [0, 0.1) is 0 Å². The highest BCUT2D eigenvalue weighted by Crippen LogP contribution is 2.28. The fourth-order valence-electron chi connectivity index (χ4n) is 1.71. The zero-order valence-corrected chi connectivity index (χ0v) is 13.9. The third-order valence-electron chi connectivity index (χ3n) is 2.75. The molecule has 0 spiro atoms. The molecule has 7 nitrogen and oxygen atoms in total. The molecule has 1 heterocycles. The molecule has 0 saturated heterocycles. The number of anilines is 2. The number of aromatic nitrogens is 2. The van der Waals surface area contributed by atoms with E-state index < -0.39 is 10.0 Å². The van der Waals surface area contributed by atoms with Gasteiger partial charge in [0, 0.05) is 11.6 Å². The summed E-state index contributed by atoms with van der Waals surface area (Å²) in [6.07, 6.45) is 1.67. The van der Waals surface area contributed by atoms with Crippen molar-refractivity contribution < 1.29 is 13.2 Å². The van der Waals surface area contributed by atoms with Crippen molar-refractivity contribution >= 4 is 33.3 Å². The molecule has 0 bridgehead atoms. The van der Waals surface area contributed by atoms with Crippen molar-refractivity contribution in [2.45, 2.75) is 4.90 Å². The van der Waals surface area contributed by atoms with Crippen molar-refractivity contribution in [2.24, 2.45) is 0 Å². The van der Waals surface area contributed by atoms with Crippen LogP contribution in [0.25, 0.3) is 0 Å². The first-order valence-corrected chi connectivity index (χ1v) is 8.37. The van der Waals surface area contributed by atoms with Gasteiger partial charge in [-0.2, -0.15) is 0 Å². The molecule has 0 aliphatic rings. The molecule has 1 aromatic carbocycles. The van der Waals surface area contributed by atoms with Crippen LogP contribution in [0.2, 0.25) is 5.02 Å². The van der Waals surface area contributed by atoms with Gasteiger partial charge in [-0.3, -0.25) is 4.72 Å². The van der Waals surface area contributed by atoms with E-state index in [0.29, 0.717) is 12.4 Å². The highest BCUT2D eigenvalue weighted by molar-refractivity contribution is 7.92. The molecule has 2 aromatic rings. The van der Waals surface area contributed by atoms with Gasteiger partial charge in [-0.1, -0.05) is 17.7 Å². The molecule has 0 unspecified atom stereocenters. The molecule has 1 aromatic heterocycles. The molecule has 0 aliphatic heterocycles. The van der Waals surface area contributed by atoms with Crippen LogP contribution >= 0.6 is 11.6 Å². The molecular weight excluding hydrogens is 340 g/mol. The summed E-state index contributed by atoms with van der Waals surface area (Å²) in [7, 11) is -2.53. The Bertz CT molecular complexity index is 794. The topological polar surface area (TPSA) is 93.2 Å². The summed E-state index contributed by atoms with van der Waals surface area (Å²) < 4.78 is 32.3. The minimum atomic E-state index is -3.91. The van der Waals surface area contributed by atoms with Gasteiger partial charge in [-0.05, 0) is 30.3 Å². The molecule has 23 heavy (non-hydrogen) atoms. The number of nitrogens with one attached hydrogen (secondary N) is 2. The van der Waals surface area contributed by atoms with Gasteiger partial charge in [-0.25, -0.2) is 8.42 Å². The Balaban J connectivity index is 2.24. The monoisotopic (exact) mass is 354 g/mol. The van der Waals surface area contributed by atoms with Crippen LogP contribution in [0.1, 0.15) is 0 Å². The van der Waals surface area contributed by atoms with Gasteiger partial charge in [0.15, 0.2) is 5.82 Å². The second-order valence-corrected chi connectivity index (χ2v) is 6.46. The van der Waals surface area contributed by atoms with Crippen molar-refractivity contribution in [2.75, 3.05) is 23.7 Å². The normalized spacial score (nSPS) is 10.9. The van der Waals surface area contributed by atoms with Crippen LogP contribution in [0.15, 0.2) is 47.9 Å². The van der Waals surface area contributed by atoms with Crippen molar-refractivity contribution in [1.82, 2.24) is 10.2 Å². The zero-order chi connectivity index (χ0) is 16.9. The first-order chi connectivity index (χ1) is 11.0. The summed E-state index contributed by atoms with van der Waals surface area (Å²) in [5.74, 6) is 0.767. The number of sulfonamides is 1. The molecule has 0 saturated carbocycles. The largest absolute Gasteiger partial charge is 0.495 e. The van der Waals surface area contributed by atoms with Gasteiger partial charge < -0.3 is 10.1 Å². The predicted octanol–water partition coefficient (Wildman–Crippen LogP) is 2.54. The molecule has 2 rings (SSSR count). The molecule has 0 radical (unpaired) electrons. The molecule has 122 valence electrons. The van der Waals surface area contributed by atoms with Gasteiger partial charge in [-0.15, -0.1) is 16.8 Å². The van der Waals surface area contributed by atoms with E-state index in [2.05, 4.69) is 26.8 Å². The van der Waals surface area contributed by atoms with Gasteiger partial charge in [0.1, 0.15) is 16.5 Å². The number of ether oxygens (including phenoxy) is 1. The second-order valence-electron chi connectivity index (χ2n) is 4.37. The molecule has 0 atom stereocenters. The van der Waals surface area contributed by atoms with E-state index in [1.807, 2.05) is 0 Å². The Kier molecular flexibility index (Phi) is 5.41. The van der Waals surface area contributed by atoms with E-state index in [1.54, 1.807) is 18.2 Å². The van der Waals surface area contributed by atoms with Gasteiger partial charge >= 0.3 is 0 Å². The summed E-state index contributed by atoms with van der Waals surface area (Å²) in [6, 6.07) is 7.41. The predicted molar refractivity (Wildman–Crippen MR) is 89.5 cm³/mol. The standard InChI is InChI=1S/C14H15ClN4O3S/c1-3-8-16-13-6-7-14(18-17-13)19-23(20,21)12-9-10(15)4-5-11(12)22-2/h3-7,9H,1,8H2,2H3,(H,16,17)(H,18,19). The van der Waals surface area contributed by atoms with Crippen LogP contribution in [0.5, 0.6) is 5.75 Å². The van der Waals surface area contributed by atoms with Crippen molar-refractivity contribution in [3.8, 4) is 5.75 Å². The number of benzene rings is 1. The third-order valence-corrected chi connectivity index (χ3v) is 4.36. The number of halogens is 1. The summed E-state index contributed by atoms with van der Waals surface area (Å²) >= 11 is 5.86. The molecule has 0 aliphatic carbocycles. The first kappa shape index (κ1) is 17.0. The van der Waals surface area contributed by atoms with Crippen molar-refractivity contribution in [1.29, 1.82) is 0 Å². The van der Waals surface area contributed by atoms with Crippen LogP contribution in [-0.4, -0.2) is 32.3 Å². The lowest BCUT2D eigenvalue weighted by Gasteiger charge is -2.11. The number of hydrogen-bond acceptors (Lipinski definition) is 6. The summed E-state index contributed by atoms with van der Waals surface area (Å²) in [5.41, 5.74) is 0. The lowest BCUT2D eigenvalue weighted by molar-refractivity contribution is 0.403. The molecule has 0 fully saturated rings. The first-order valence-electron chi connectivity index (χ1n) is 6.51. The highest BCUT2D eigenvalue weighted by atomic mass is 35.5. The van der Waals surface area contributed by atoms with E-state index >= 15 is 0 Å². The molecule has 2 N–H and O–H groups in total. The average molecular weight is 355 g/mol. The Labute approximate surface area is 139 Å². The lowest BCUT2D eigenvalue weighted by Crippen LogP contribution is -2.15. The van der Waals surface area contributed by atoms with E-state index in [0.717, 1.165) is 0 Å². The summed E-state index contributed by atoms with van der Waals surface area (Å²) in [6.45, 7) is 4.10. The molecular formula is C14H15ClN4O3S. The molecule has 0 amide bonds. The second kappa shape index (κ2) is 7.30. The smallest absolute Gasteiger partial charge is 0.266 e.